The van der Waals surface area contributed by atoms with Gasteiger partial charge in [0.25, 0.3) is 0 Å². The van der Waals surface area contributed by atoms with Crippen LogP contribution in [0.15, 0.2) is 34.9 Å². The summed E-state index contributed by atoms with van der Waals surface area (Å²) >= 11 is 0. The van der Waals surface area contributed by atoms with Gasteiger partial charge in [0, 0.05) is 25.3 Å². The molecule has 5 heteroatoms. The summed E-state index contributed by atoms with van der Waals surface area (Å²) in [6.07, 6.45) is 2.51. The van der Waals surface area contributed by atoms with Gasteiger partial charge < -0.3 is 14.6 Å². The number of para-hydroxylation sites is 1. The molecule has 1 heterocycles. The predicted octanol–water partition coefficient (Wildman–Crippen LogP) is 3.60. The highest BCUT2D eigenvalue weighted by Crippen LogP contribution is 2.18. The van der Waals surface area contributed by atoms with E-state index in [1.54, 1.807) is 0 Å². The molecule has 0 aliphatic rings. The van der Waals surface area contributed by atoms with Crippen LogP contribution in [0.2, 0.25) is 0 Å². The zero-order valence-corrected chi connectivity index (χ0v) is 12.7. The fourth-order valence-corrected chi connectivity index (χ4v) is 2.10. The number of aromatic nitrogens is 2. The molecule has 1 N–H and O–H groups in total. The van der Waals surface area contributed by atoms with E-state index in [9.17, 15) is 0 Å². The van der Waals surface area contributed by atoms with Crippen LogP contribution >= 0.6 is 0 Å². The molecule has 1 aromatic heterocycles. The summed E-state index contributed by atoms with van der Waals surface area (Å²) in [4.78, 5) is 4.41. The third kappa shape index (κ3) is 4.86. The zero-order chi connectivity index (χ0) is 14.9. The van der Waals surface area contributed by atoms with Crippen LogP contribution in [0, 0.1) is 0 Å². The number of benzene rings is 1. The van der Waals surface area contributed by atoms with Gasteiger partial charge in [0.1, 0.15) is 6.10 Å². The zero-order valence-electron chi connectivity index (χ0n) is 12.7. The number of aryl methyl sites for hydroxylation is 1. The minimum atomic E-state index is -0.0602. The Morgan fingerprint density at radius 1 is 1.24 bits per heavy atom. The molecule has 1 unspecified atom stereocenters. The van der Waals surface area contributed by atoms with Gasteiger partial charge in [-0.3, -0.25) is 0 Å². The van der Waals surface area contributed by atoms with Crippen molar-refractivity contribution >= 4 is 5.69 Å². The van der Waals surface area contributed by atoms with Crippen LogP contribution in [-0.4, -0.2) is 23.3 Å². The second-order valence-corrected chi connectivity index (χ2v) is 4.79. The average Bonchev–Trinajstić information content (AvgIpc) is 2.99. The summed E-state index contributed by atoms with van der Waals surface area (Å²) in [5, 5.41) is 7.37. The first-order valence-electron chi connectivity index (χ1n) is 7.56. The number of nitrogens with one attached hydrogen (secondary N) is 1. The van der Waals surface area contributed by atoms with E-state index in [-0.39, 0.29) is 6.10 Å². The fourth-order valence-electron chi connectivity index (χ4n) is 2.10. The maximum absolute atomic E-state index is 5.58. The number of anilines is 1. The van der Waals surface area contributed by atoms with Crippen LogP contribution in [0.4, 0.5) is 5.69 Å². The van der Waals surface area contributed by atoms with Crippen LogP contribution in [0.3, 0.4) is 0 Å². The maximum atomic E-state index is 5.58. The molecule has 2 aromatic rings. The lowest BCUT2D eigenvalue weighted by Gasteiger charge is -2.09. The number of hydrogen-bond acceptors (Lipinski definition) is 5. The van der Waals surface area contributed by atoms with E-state index in [2.05, 4.69) is 34.5 Å². The van der Waals surface area contributed by atoms with Crippen LogP contribution in [0.5, 0.6) is 0 Å². The van der Waals surface area contributed by atoms with Crippen molar-refractivity contribution in [3.63, 3.8) is 0 Å². The van der Waals surface area contributed by atoms with Gasteiger partial charge in [-0.05, 0) is 31.9 Å². The molecule has 1 aromatic carbocycles. The van der Waals surface area contributed by atoms with E-state index in [0.29, 0.717) is 18.3 Å². The van der Waals surface area contributed by atoms with Crippen LogP contribution in [-0.2, 0) is 11.2 Å². The largest absolute Gasteiger partial charge is 0.385 e. The van der Waals surface area contributed by atoms with Gasteiger partial charge in [0.05, 0.1) is 0 Å². The Bertz CT molecular complexity index is 513. The van der Waals surface area contributed by atoms with E-state index in [0.717, 1.165) is 31.5 Å². The molecule has 0 spiro atoms. The minimum absolute atomic E-state index is 0.0602. The van der Waals surface area contributed by atoms with E-state index >= 15 is 0 Å². The smallest absolute Gasteiger partial charge is 0.226 e. The Balaban J connectivity index is 1.75. The van der Waals surface area contributed by atoms with Crippen LogP contribution < -0.4 is 5.32 Å². The van der Waals surface area contributed by atoms with Crippen LogP contribution in [0.1, 0.15) is 44.5 Å². The fraction of sp³-hybridized carbons (Fsp3) is 0.500. The van der Waals surface area contributed by atoms with E-state index < -0.39 is 0 Å². The summed E-state index contributed by atoms with van der Waals surface area (Å²) in [7, 11) is 0. The predicted molar refractivity (Wildman–Crippen MR) is 82.2 cm³/mol. The lowest BCUT2D eigenvalue weighted by Crippen LogP contribution is -2.05. The van der Waals surface area contributed by atoms with Gasteiger partial charge in [0.15, 0.2) is 0 Å². The number of hydrogen-bond donors (Lipinski definition) is 1. The van der Waals surface area contributed by atoms with E-state index in [4.69, 9.17) is 9.26 Å². The lowest BCUT2D eigenvalue weighted by atomic mass is 10.2. The highest BCUT2D eigenvalue weighted by molar-refractivity contribution is 5.42. The summed E-state index contributed by atoms with van der Waals surface area (Å²) in [5.41, 5.74) is 1.13. The molecule has 0 amide bonds. The topological polar surface area (TPSA) is 60.2 Å². The van der Waals surface area contributed by atoms with Crippen molar-refractivity contribution in [2.75, 3.05) is 18.5 Å². The van der Waals surface area contributed by atoms with Gasteiger partial charge >= 0.3 is 0 Å². The van der Waals surface area contributed by atoms with Crippen molar-refractivity contribution in [3.8, 4) is 0 Å². The Morgan fingerprint density at radius 3 is 2.76 bits per heavy atom. The maximum Gasteiger partial charge on any atom is 0.226 e. The van der Waals surface area contributed by atoms with Gasteiger partial charge in [-0.1, -0.05) is 30.3 Å². The molecule has 5 nitrogen and oxygen atoms in total. The number of rotatable bonds is 9. The first-order chi connectivity index (χ1) is 10.3. The third-order valence-electron chi connectivity index (χ3n) is 3.18. The molecular formula is C16H23N3O2. The highest BCUT2D eigenvalue weighted by atomic mass is 16.5. The number of ether oxygens (including phenoxy) is 1. The first kappa shape index (κ1) is 15.5. The second-order valence-electron chi connectivity index (χ2n) is 4.79. The van der Waals surface area contributed by atoms with Gasteiger partial charge in [-0.15, -0.1) is 0 Å². The normalized spacial score (nSPS) is 12.3. The molecule has 0 saturated heterocycles. The van der Waals surface area contributed by atoms with Crippen LogP contribution in [0.25, 0.3) is 0 Å². The van der Waals surface area contributed by atoms with Gasteiger partial charge in [0.2, 0.25) is 11.7 Å². The molecule has 2 rings (SSSR count). The van der Waals surface area contributed by atoms with Gasteiger partial charge in [-0.2, -0.15) is 4.98 Å². The quantitative estimate of drug-likeness (QED) is 0.715. The summed E-state index contributed by atoms with van der Waals surface area (Å²) in [6.45, 7) is 5.56. The van der Waals surface area contributed by atoms with E-state index in [1.165, 1.54) is 0 Å². The molecule has 0 fully saturated rings. The van der Waals surface area contributed by atoms with E-state index in [1.807, 2.05) is 25.1 Å². The SMILES string of the molecule is CCOC(CC)c1noc(CCCNc2ccccc2)n1. The van der Waals surface area contributed by atoms with Crippen molar-refractivity contribution in [2.24, 2.45) is 0 Å². The van der Waals surface area contributed by atoms with Crippen molar-refractivity contribution in [1.82, 2.24) is 10.1 Å². The monoisotopic (exact) mass is 289 g/mol. The Morgan fingerprint density at radius 2 is 2.05 bits per heavy atom. The summed E-state index contributed by atoms with van der Waals surface area (Å²) in [6, 6.07) is 10.2. The molecule has 21 heavy (non-hydrogen) atoms. The lowest BCUT2D eigenvalue weighted by molar-refractivity contribution is 0.0518. The summed E-state index contributed by atoms with van der Waals surface area (Å²) in [5.74, 6) is 1.34. The molecule has 0 radical (unpaired) electrons. The third-order valence-corrected chi connectivity index (χ3v) is 3.18. The minimum Gasteiger partial charge on any atom is -0.385 e. The van der Waals surface area contributed by atoms with Crippen molar-refractivity contribution in [2.45, 2.75) is 39.2 Å². The summed E-state index contributed by atoms with van der Waals surface area (Å²) < 4.78 is 10.9. The molecule has 0 aliphatic heterocycles. The van der Waals surface area contributed by atoms with Gasteiger partial charge in [-0.25, -0.2) is 0 Å². The first-order valence-corrected chi connectivity index (χ1v) is 7.56. The molecule has 0 bridgehead atoms. The average molecular weight is 289 g/mol. The second kappa shape index (κ2) is 8.42. The standard InChI is InChI=1S/C16H23N3O2/c1-3-14(20-4-2)16-18-15(21-19-16)11-8-12-17-13-9-6-5-7-10-13/h5-7,9-10,14,17H,3-4,8,11-12H2,1-2H3. The molecule has 114 valence electrons. The van der Waals surface area contributed by atoms with Crippen molar-refractivity contribution in [3.05, 3.63) is 42.0 Å². The van der Waals surface area contributed by atoms with Crippen molar-refractivity contribution < 1.29 is 9.26 Å². The molecule has 0 saturated carbocycles. The molecule has 1 atom stereocenters. The Labute approximate surface area is 125 Å². The molecule has 0 aliphatic carbocycles. The highest BCUT2D eigenvalue weighted by Gasteiger charge is 2.16. The number of nitrogens with zero attached hydrogens (tertiary/aromatic N) is 2. The Kier molecular flexibility index (Phi) is 6.22. The Hall–Kier alpha value is -1.88. The molecular weight excluding hydrogens is 266 g/mol. The van der Waals surface area contributed by atoms with Crippen molar-refractivity contribution in [1.29, 1.82) is 0 Å².